The number of aromatic amines is 1. The van der Waals surface area contributed by atoms with Crippen molar-refractivity contribution >= 4 is 0 Å². The van der Waals surface area contributed by atoms with Crippen LogP contribution in [0.15, 0.2) is 9.32 Å². The number of nitrogens with one attached hydrogen (secondary N) is 2. The first-order valence-corrected chi connectivity index (χ1v) is 4.12. The first-order valence-electron chi connectivity index (χ1n) is 4.12. The number of nitrogens with zero attached hydrogens (tertiary/aromatic N) is 1. The van der Waals surface area contributed by atoms with Gasteiger partial charge in [-0.1, -0.05) is 0 Å². The van der Waals surface area contributed by atoms with E-state index in [1.165, 1.54) is 6.42 Å². The summed E-state index contributed by atoms with van der Waals surface area (Å²) in [5, 5.41) is 5.47. The molecule has 5 heteroatoms. The van der Waals surface area contributed by atoms with E-state index in [9.17, 15) is 4.79 Å². The Balaban J connectivity index is 1.98. The Morgan fingerprint density at radius 2 is 2.58 bits per heavy atom. The van der Waals surface area contributed by atoms with E-state index in [0.717, 1.165) is 13.0 Å². The van der Waals surface area contributed by atoms with E-state index in [1.807, 2.05) is 0 Å². The monoisotopic (exact) mass is 169 g/mol. The molecule has 0 saturated carbocycles. The quantitative estimate of drug-likeness (QED) is 0.635. The SMILES string of the molecule is O=c1nc(CC2CCCN2)o[nH]1. The Kier molecular flexibility index (Phi) is 1.95. The number of hydrogen-bond donors (Lipinski definition) is 2. The fraction of sp³-hybridized carbons (Fsp3) is 0.714. The molecule has 0 aromatic carbocycles. The summed E-state index contributed by atoms with van der Waals surface area (Å²) < 4.78 is 4.84. The van der Waals surface area contributed by atoms with Crippen LogP contribution in [-0.4, -0.2) is 22.7 Å². The molecule has 1 aromatic rings. The van der Waals surface area contributed by atoms with E-state index in [0.29, 0.717) is 18.4 Å². The molecule has 2 heterocycles. The summed E-state index contributed by atoms with van der Waals surface area (Å²) in [6, 6.07) is 0.427. The first kappa shape index (κ1) is 7.54. The first-order chi connectivity index (χ1) is 5.84. The van der Waals surface area contributed by atoms with Crippen molar-refractivity contribution in [1.82, 2.24) is 15.5 Å². The van der Waals surface area contributed by atoms with Crippen molar-refractivity contribution in [2.75, 3.05) is 6.54 Å². The Morgan fingerprint density at radius 1 is 1.67 bits per heavy atom. The van der Waals surface area contributed by atoms with E-state index >= 15 is 0 Å². The van der Waals surface area contributed by atoms with Crippen LogP contribution in [0, 0.1) is 0 Å². The molecule has 2 N–H and O–H groups in total. The molecule has 0 aliphatic carbocycles. The molecule has 66 valence electrons. The van der Waals surface area contributed by atoms with Crippen molar-refractivity contribution in [3.05, 3.63) is 16.4 Å². The Hall–Kier alpha value is -1.10. The van der Waals surface area contributed by atoms with Gasteiger partial charge in [0.1, 0.15) is 0 Å². The van der Waals surface area contributed by atoms with Crippen molar-refractivity contribution in [3.8, 4) is 0 Å². The molecule has 0 amide bonds. The summed E-state index contributed by atoms with van der Waals surface area (Å²) >= 11 is 0. The van der Waals surface area contributed by atoms with Gasteiger partial charge in [-0.15, -0.1) is 0 Å². The lowest BCUT2D eigenvalue weighted by molar-refractivity contribution is 0.360. The minimum atomic E-state index is -0.400. The number of H-pyrrole nitrogens is 1. The molecule has 0 radical (unpaired) electrons. The molecule has 0 bridgehead atoms. The van der Waals surface area contributed by atoms with Crippen molar-refractivity contribution in [2.45, 2.75) is 25.3 Å². The van der Waals surface area contributed by atoms with Crippen molar-refractivity contribution in [1.29, 1.82) is 0 Å². The summed E-state index contributed by atoms with van der Waals surface area (Å²) in [7, 11) is 0. The maximum absolute atomic E-state index is 10.6. The van der Waals surface area contributed by atoms with Crippen LogP contribution < -0.4 is 11.0 Å². The summed E-state index contributed by atoms with van der Waals surface area (Å²) in [4.78, 5) is 14.2. The van der Waals surface area contributed by atoms with Crippen molar-refractivity contribution < 1.29 is 4.52 Å². The van der Waals surface area contributed by atoms with Crippen LogP contribution in [0.4, 0.5) is 0 Å². The molecular formula is C7H11N3O2. The van der Waals surface area contributed by atoms with Gasteiger partial charge in [-0.3, -0.25) is 0 Å². The standard InChI is InChI=1S/C7H11N3O2/c11-7-9-6(12-10-7)4-5-2-1-3-8-5/h5,8H,1-4H2,(H,10,11). The highest BCUT2D eigenvalue weighted by molar-refractivity contribution is 4.85. The molecule has 2 rings (SSSR count). The zero-order chi connectivity index (χ0) is 8.39. The molecule has 1 atom stereocenters. The van der Waals surface area contributed by atoms with E-state index in [4.69, 9.17) is 4.52 Å². The average molecular weight is 169 g/mol. The lowest BCUT2D eigenvalue weighted by Gasteiger charge is -2.04. The average Bonchev–Trinajstić information content (AvgIpc) is 2.63. The maximum atomic E-state index is 10.6. The van der Waals surface area contributed by atoms with Crippen LogP contribution in [-0.2, 0) is 6.42 Å². The van der Waals surface area contributed by atoms with Crippen molar-refractivity contribution in [2.24, 2.45) is 0 Å². The zero-order valence-corrected chi connectivity index (χ0v) is 6.67. The molecule has 1 unspecified atom stereocenters. The van der Waals surface area contributed by atoms with Crippen molar-refractivity contribution in [3.63, 3.8) is 0 Å². The van der Waals surface area contributed by atoms with E-state index in [1.54, 1.807) is 0 Å². The van der Waals surface area contributed by atoms with Gasteiger partial charge in [0.15, 0.2) is 0 Å². The zero-order valence-electron chi connectivity index (χ0n) is 6.67. The molecule has 1 aromatic heterocycles. The van der Waals surface area contributed by atoms with Gasteiger partial charge in [-0.2, -0.15) is 10.1 Å². The molecule has 12 heavy (non-hydrogen) atoms. The van der Waals surface area contributed by atoms with Gasteiger partial charge < -0.3 is 9.84 Å². The van der Waals surface area contributed by atoms with Crippen LogP contribution in [0.5, 0.6) is 0 Å². The summed E-state index contributed by atoms with van der Waals surface area (Å²) in [6.45, 7) is 1.05. The minimum Gasteiger partial charge on any atom is -0.362 e. The predicted molar refractivity (Wildman–Crippen MR) is 41.9 cm³/mol. The third-order valence-corrected chi connectivity index (χ3v) is 2.07. The van der Waals surface area contributed by atoms with Gasteiger partial charge >= 0.3 is 5.69 Å². The number of hydrogen-bond acceptors (Lipinski definition) is 4. The molecule has 0 spiro atoms. The molecule has 1 aliphatic heterocycles. The Bertz CT molecular complexity index is 298. The van der Waals surface area contributed by atoms with Gasteiger partial charge in [0.2, 0.25) is 5.89 Å². The van der Waals surface area contributed by atoms with Crippen LogP contribution in [0.1, 0.15) is 18.7 Å². The van der Waals surface area contributed by atoms with Gasteiger partial charge in [-0.05, 0) is 19.4 Å². The molecule has 1 fully saturated rings. The molecule has 1 saturated heterocycles. The van der Waals surface area contributed by atoms with E-state index in [2.05, 4.69) is 15.5 Å². The molecule has 5 nitrogen and oxygen atoms in total. The fourth-order valence-corrected chi connectivity index (χ4v) is 1.49. The topological polar surface area (TPSA) is 70.9 Å². The lowest BCUT2D eigenvalue weighted by atomic mass is 10.2. The fourth-order valence-electron chi connectivity index (χ4n) is 1.49. The van der Waals surface area contributed by atoms with E-state index < -0.39 is 5.69 Å². The highest BCUT2D eigenvalue weighted by Gasteiger charge is 2.16. The second-order valence-electron chi connectivity index (χ2n) is 3.01. The van der Waals surface area contributed by atoms with Gasteiger partial charge in [0.25, 0.3) is 0 Å². The van der Waals surface area contributed by atoms with Crippen LogP contribution in [0.3, 0.4) is 0 Å². The number of aromatic nitrogens is 2. The molecular weight excluding hydrogens is 158 g/mol. The summed E-state index contributed by atoms with van der Waals surface area (Å²) in [5.74, 6) is 0.499. The van der Waals surface area contributed by atoms with Crippen LogP contribution >= 0.6 is 0 Å². The van der Waals surface area contributed by atoms with Gasteiger partial charge in [0.05, 0.1) is 0 Å². The third-order valence-electron chi connectivity index (χ3n) is 2.07. The maximum Gasteiger partial charge on any atom is 0.377 e. The normalized spacial score (nSPS) is 23.2. The van der Waals surface area contributed by atoms with Crippen LogP contribution in [0.2, 0.25) is 0 Å². The predicted octanol–water partition coefficient (Wildman–Crippen LogP) is -0.343. The lowest BCUT2D eigenvalue weighted by Crippen LogP contribution is -2.23. The summed E-state index contributed by atoms with van der Waals surface area (Å²) in [6.07, 6.45) is 3.04. The van der Waals surface area contributed by atoms with Gasteiger partial charge in [-0.25, -0.2) is 4.79 Å². The Labute approximate surface area is 69.1 Å². The largest absolute Gasteiger partial charge is 0.377 e. The number of rotatable bonds is 2. The second-order valence-corrected chi connectivity index (χ2v) is 3.01. The van der Waals surface area contributed by atoms with Crippen LogP contribution in [0.25, 0.3) is 0 Å². The summed E-state index contributed by atoms with van der Waals surface area (Å²) in [5.41, 5.74) is -0.400. The van der Waals surface area contributed by atoms with E-state index in [-0.39, 0.29) is 0 Å². The van der Waals surface area contributed by atoms with Gasteiger partial charge in [0, 0.05) is 12.5 Å². The smallest absolute Gasteiger partial charge is 0.362 e. The minimum absolute atomic E-state index is 0.400. The highest BCUT2D eigenvalue weighted by Crippen LogP contribution is 2.08. The highest BCUT2D eigenvalue weighted by atomic mass is 16.5. The molecule has 1 aliphatic rings. The third kappa shape index (κ3) is 1.55. The second kappa shape index (κ2) is 3.10. The Morgan fingerprint density at radius 3 is 3.17 bits per heavy atom.